The van der Waals surface area contributed by atoms with Crippen LogP contribution in [0, 0.1) is 5.92 Å². The van der Waals surface area contributed by atoms with Gasteiger partial charge < -0.3 is 10.4 Å². The van der Waals surface area contributed by atoms with Crippen molar-refractivity contribution in [3.63, 3.8) is 0 Å². The first-order chi connectivity index (χ1) is 8.69. The minimum absolute atomic E-state index is 0.136. The summed E-state index contributed by atoms with van der Waals surface area (Å²) in [6.45, 7) is 1.91. The van der Waals surface area contributed by atoms with Gasteiger partial charge in [-0.1, -0.05) is 25.1 Å². The lowest BCUT2D eigenvalue weighted by molar-refractivity contribution is -0.142. The molecule has 0 aliphatic heterocycles. The molecule has 0 bridgehead atoms. The molecule has 2 aromatic rings. The van der Waals surface area contributed by atoms with Gasteiger partial charge in [-0.3, -0.25) is 4.79 Å². The lowest BCUT2D eigenvalue weighted by Gasteiger charge is -2.22. The standard InChI is InChI=1S/C14H17NO2S/c1-3-9(14(16)17)13(15-2)11-8-18-12-7-5-4-6-10(11)12/h4-9,13,15H,3H2,1-2H3,(H,16,17). The normalized spacial score (nSPS) is 14.6. The number of carbonyl (C=O) groups is 1. The van der Waals surface area contributed by atoms with Crippen molar-refractivity contribution in [3.05, 3.63) is 35.2 Å². The van der Waals surface area contributed by atoms with E-state index in [4.69, 9.17) is 0 Å². The van der Waals surface area contributed by atoms with Gasteiger partial charge in [0.2, 0.25) is 0 Å². The summed E-state index contributed by atoms with van der Waals surface area (Å²) in [6.07, 6.45) is 0.616. The summed E-state index contributed by atoms with van der Waals surface area (Å²) in [5.41, 5.74) is 1.09. The molecule has 0 radical (unpaired) electrons. The summed E-state index contributed by atoms with van der Waals surface area (Å²) in [6, 6.07) is 7.99. The number of hydrogen-bond acceptors (Lipinski definition) is 3. The maximum Gasteiger partial charge on any atom is 0.308 e. The van der Waals surface area contributed by atoms with Crippen molar-refractivity contribution >= 4 is 27.4 Å². The summed E-state index contributed by atoms with van der Waals surface area (Å²) in [5, 5.41) is 15.7. The molecule has 2 atom stereocenters. The molecule has 2 N–H and O–H groups in total. The third-order valence-corrected chi connectivity index (χ3v) is 4.30. The van der Waals surface area contributed by atoms with Gasteiger partial charge in [-0.15, -0.1) is 11.3 Å². The van der Waals surface area contributed by atoms with Crippen LogP contribution < -0.4 is 5.32 Å². The average molecular weight is 263 g/mol. The number of hydrogen-bond donors (Lipinski definition) is 2. The molecule has 0 saturated heterocycles. The van der Waals surface area contributed by atoms with E-state index < -0.39 is 11.9 Å². The first-order valence-corrected chi connectivity index (χ1v) is 6.93. The van der Waals surface area contributed by atoms with Crippen molar-refractivity contribution in [1.29, 1.82) is 0 Å². The molecule has 2 rings (SSSR count). The van der Waals surface area contributed by atoms with E-state index in [0.29, 0.717) is 6.42 Å². The number of nitrogens with one attached hydrogen (secondary N) is 1. The van der Waals surface area contributed by atoms with E-state index in [9.17, 15) is 9.90 Å². The first-order valence-electron chi connectivity index (χ1n) is 6.05. The van der Waals surface area contributed by atoms with Crippen LogP contribution in [-0.4, -0.2) is 18.1 Å². The van der Waals surface area contributed by atoms with Crippen molar-refractivity contribution in [3.8, 4) is 0 Å². The van der Waals surface area contributed by atoms with Crippen molar-refractivity contribution in [2.45, 2.75) is 19.4 Å². The van der Waals surface area contributed by atoms with Gasteiger partial charge in [-0.25, -0.2) is 0 Å². The van der Waals surface area contributed by atoms with Crippen LogP contribution >= 0.6 is 11.3 Å². The summed E-state index contributed by atoms with van der Waals surface area (Å²) in [5.74, 6) is -1.14. The zero-order valence-electron chi connectivity index (χ0n) is 10.5. The van der Waals surface area contributed by atoms with Crippen LogP contribution in [0.3, 0.4) is 0 Å². The van der Waals surface area contributed by atoms with Gasteiger partial charge in [-0.05, 0) is 35.9 Å². The molecule has 1 aromatic carbocycles. The smallest absolute Gasteiger partial charge is 0.308 e. The summed E-state index contributed by atoms with van der Waals surface area (Å²) in [7, 11) is 1.82. The van der Waals surface area contributed by atoms with E-state index in [1.807, 2.05) is 26.1 Å². The minimum atomic E-state index is -0.743. The number of carboxylic acids is 1. The number of thiophene rings is 1. The lowest BCUT2D eigenvalue weighted by Crippen LogP contribution is -2.30. The van der Waals surface area contributed by atoms with Crippen molar-refractivity contribution in [1.82, 2.24) is 5.32 Å². The van der Waals surface area contributed by atoms with E-state index in [1.165, 1.54) is 4.70 Å². The SMILES string of the molecule is CCC(C(=O)O)C(NC)c1csc2ccccc12. The molecule has 3 nitrogen and oxygen atoms in total. The van der Waals surface area contributed by atoms with Gasteiger partial charge in [0.25, 0.3) is 0 Å². The van der Waals surface area contributed by atoms with Crippen LogP contribution in [0.4, 0.5) is 0 Å². The van der Waals surface area contributed by atoms with E-state index in [2.05, 4.69) is 22.8 Å². The molecule has 0 spiro atoms. The molecule has 1 heterocycles. The summed E-state index contributed by atoms with van der Waals surface area (Å²) >= 11 is 1.66. The predicted molar refractivity (Wildman–Crippen MR) is 75.0 cm³/mol. The fourth-order valence-corrected chi connectivity index (χ4v) is 3.36. The molecular formula is C14H17NO2S. The molecule has 2 unspecified atom stereocenters. The Hall–Kier alpha value is -1.39. The number of fused-ring (bicyclic) bond motifs is 1. The number of rotatable bonds is 5. The van der Waals surface area contributed by atoms with Gasteiger partial charge in [0.05, 0.1) is 5.92 Å². The van der Waals surface area contributed by atoms with Crippen molar-refractivity contribution in [2.75, 3.05) is 7.05 Å². The second-order valence-corrected chi connectivity index (χ2v) is 5.22. The quantitative estimate of drug-likeness (QED) is 0.870. The average Bonchev–Trinajstić information content (AvgIpc) is 2.79. The predicted octanol–water partition coefficient (Wildman–Crippen LogP) is 3.27. The van der Waals surface area contributed by atoms with Gasteiger partial charge in [-0.2, -0.15) is 0 Å². The Labute approximate surface area is 110 Å². The van der Waals surface area contributed by atoms with Gasteiger partial charge in [0, 0.05) is 10.7 Å². The van der Waals surface area contributed by atoms with Crippen LogP contribution in [-0.2, 0) is 4.79 Å². The molecule has 0 amide bonds. The third-order valence-electron chi connectivity index (χ3n) is 3.32. The molecule has 0 aliphatic carbocycles. The summed E-state index contributed by atoms with van der Waals surface area (Å²) in [4.78, 5) is 11.3. The first kappa shape index (κ1) is 13.1. The second kappa shape index (κ2) is 5.50. The molecule has 18 heavy (non-hydrogen) atoms. The highest BCUT2D eigenvalue weighted by Crippen LogP contribution is 2.34. The van der Waals surface area contributed by atoms with Gasteiger partial charge in [0.15, 0.2) is 0 Å². The zero-order chi connectivity index (χ0) is 13.1. The van der Waals surface area contributed by atoms with Crippen LogP contribution in [0.15, 0.2) is 29.6 Å². The van der Waals surface area contributed by atoms with Crippen molar-refractivity contribution < 1.29 is 9.90 Å². The van der Waals surface area contributed by atoms with Crippen molar-refractivity contribution in [2.24, 2.45) is 5.92 Å². The fourth-order valence-electron chi connectivity index (χ4n) is 2.37. The maximum absolute atomic E-state index is 11.3. The monoisotopic (exact) mass is 263 g/mol. The molecule has 0 aliphatic rings. The van der Waals surface area contributed by atoms with E-state index in [0.717, 1.165) is 10.9 Å². The molecular weight excluding hydrogens is 246 g/mol. The highest BCUT2D eigenvalue weighted by Gasteiger charge is 2.28. The molecule has 1 aromatic heterocycles. The van der Waals surface area contributed by atoms with E-state index in [-0.39, 0.29) is 6.04 Å². The highest BCUT2D eigenvalue weighted by atomic mass is 32.1. The van der Waals surface area contributed by atoms with E-state index >= 15 is 0 Å². The van der Waals surface area contributed by atoms with Crippen LogP contribution in [0.1, 0.15) is 24.9 Å². The Bertz CT molecular complexity index is 549. The lowest BCUT2D eigenvalue weighted by atomic mass is 9.91. The van der Waals surface area contributed by atoms with Gasteiger partial charge in [0.1, 0.15) is 0 Å². The number of carboxylic acid groups (broad SMARTS) is 1. The zero-order valence-corrected chi connectivity index (χ0v) is 11.3. The van der Waals surface area contributed by atoms with Gasteiger partial charge >= 0.3 is 5.97 Å². The largest absolute Gasteiger partial charge is 0.481 e. The van der Waals surface area contributed by atoms with Crippen LogP contribution in [0.25, 0.3) is 10.1 Å². The topological polar surface area (TPSA) is 49.3 Å². The Kier molecular flexibility index (Phi) is 3.99. The molecule has 4 heteroatoms. The fraction of sp³-hybridized carbons (Fsp3) is 0.357. The third kappa shape index (κ3) is 2.26. The maximum atomic E-state index is 11.3. The van der Waals surface area contributed by atoms with E-state index in [1.54, 1.807) is 11.3 Å². The molecule has 0 saturated carbocycles. The second-order valence-electron chi connectivity index (χ2n) is 4.31. The molecule has 0 fully saturated rings. The summed E-state index contributed by atoms with van der Waals surface area (Å²) < 4.78 is 1.20. The molecule has 96 valence electrons. The van der Waals surface area contributed by atoms with Crippen LogP contribution in [0.5, 0.6) is 0 Å². The Morgan fingerprint density at radius 2 is 2.17 bits per heavy atom. The number of benzene rings is 1. The Balaban J connectivity index is 2.47. The Morgan fingerprint density at radius 1 is 1.44 bits per heavy atom. The highest BCUT2D eigenvalue weighted by molar-refractivity contribution is 7.17. The minimum Gasteiger partial charge on any atom is -0.481 e. The van der Waals surface area contributed by atoms with Crippen LogP contribution in [0.2, 0.25) is 0 Å². The number of aliphatic carboxylic acids is 1. The Morgan fingerprint density at radius 3 is 2.78 bits per heavy atom.